The van der Waals surface area contributed by atoms with Crippen LogP contribution < -0.4 is 11.0 Å². The van der Waals surface area contributed by atoms with Gasteiger partial charge in [-0.15, -0.1) is 0 Å². The SMILES string of the molecule is N[PH](=O)O[PH](N)=O. The molecule has 2 unspecified atom stereocenters. The molecule has 0 aliphatic rings. The molecule has 0 saturated heterocycles. The minimum absolute atomic E-state index is 2.58. The van der Waals surface area contributed by atoms with E-state index in [9.17, 15) is 9.13 Å². The Balaban J connectivity index is 3.32. The van der Waals surface area contributed by atoms with Gasteiger partial charge in [0.25, 0.3) is 16.4 Å². The zero-order chi connectivity index (χ0) is 5.86. The zero-order valence-corrected chi connectivity index (χ0v) is 5.38. The van der Waals surface area contributed by atoms with Crippen molar-refractivity contribution in [1.29, 1.82) is 0 Å². The van der Waals surface area contributed by atoms with E-state index in [-0.39, 0.29) is 0 Å². The van der Waals surface area contributed by atoms with Crippen molar-refractivity contribution >= 4 is 16.4 Å². The van der Waals surface area contributed by atoms with E-state index in [1.165, 1.54) is 0 Å². The minimum Gasteiger partial charge on any atom is -0.278 e. The second kappa shape index (κ2) is 3.36. The van der Waals surface area contributed by atoms with Crippen molar-refractivity contribution in [1.82, 2.24) is 0 Å². The quantitative estimate of drug-likeness (QED) is 0.518. The van der Waals surface area contributed by atoms with Crippen molar-refractivity contribution in [3.05, 3.63) is 0 Å². The van der Waals surface area contributed by atoms with Gasteiger partial charge < -0.3 is 0 Å². The topological polar surface area (TPSA) is 95.4 Å². The van der Waals surface area contributed by atoms with Gasteiger partial charge in [0.05, 0.1) is 0 Å². The molecule has 0 rings (SSSR count). The third kappa shape index (κ3) is 6.34. The first kappa shape index (κ1) is 7.34. The van der Waals surface area contributed by atoms with Gasteiger partial charge in [0.15, 0.2) is 0 Å². The average molecular weight is 144 g/mol. The first-order valence-corrected chi connectivity index (χ1v) is 4.18. The van der Waals surface area contributed by atoms with Crippen molar-refractivity contribution in [3.8, 4) is 0 Å². The lowest BCUT2D eigenvalue weighted by molar-refractivity contribution is 0.490. The van der Waals surface area contributed by atoms with Crippen LogP contribution in [-0.4, -0.2) is 0 Å². The summed E-state index contributed by atoms with van der Waals surface area (Å²) in [6, 6.07) is 0. The van der Waals surface area contributed by atoms with E-state index in [0.29, 0.717) is 0 Å². The average Bonchev–Trinajstić information content (AvgIpc) is 1.27. The highest BCUT2D eigenvalue weighted by Crippen LogP contribution is 2.25. The Kier molecular flexibility index (Phi) is 3.52. The molecule has 0 aliphatic heterocycles. The fourth-order valence-electron chi connectivity index (χ4n) is 0.0991. The normalized spacial score (nSPS) is 18.6. The molecule has 0 aliphatic carbocycles. The van der Waals surface area contributed by atoms with Gasteiger partial charge in [-0.25, -0.2) is 0 Å². The maximum atomic E-state index is 9.74. The molecule has 0 amide bonds. The molecule has 2 atom stereocenters. The highest BCUT2D eigenvalue weighted by molar-refractivity contribution is 7.50. The summed E-state index contributed by atoms with van der Waals surface area (Å²) in [5.74, 6) is 0. The molecule has 0 heterocycles. The Morgan fingerprint density at radius 1 is 1.14 bits per heavy atom. The molecule has 0 aromatic rings. The molecule has 0 bridgehead atoms. The lowest BCUT2D eigenvalue weighted by atomic mass is 13.9. The molecule has 7 heteroatoms. The number of hydrogen-bond acceptors (Lipinski definition) is 3. The Labute approximate surface area is 41.9 Å². The number of nitrogens with two attached hydrogens (primary N) is 2. The van der Waals surface area contributed by atoms with E-state index >= 15 is 0 Å². The molecular weight excluding hydrogens is 138 g/mol. The highest BCUT2D eigenvalue weighted by Gasteiger charge is 1.89. The van der Waals surface area contributed by atoms with Crippen LogP contribution in [0.3, 0.4) is 0 Å². The van der Waals surface area contributed by atoms with E-state index in [2.05, 4.69) is 15.3 Å². The molecule has 7 heavy (non-hydrogen) atoms. The van der Waals surface area contributed by atoms with Crippen LogP contribution in [0.1, 0.15) is 0 Å². The first-order valence-electron chi connectivity index (χ1n) is 1.39. The Morgan fingerprint density at radius 2 is 1.43 bits per heavy atom. The lowest BCUT2D eigenvalue weighted by Crippen LogP contribution is -1.82. The summed E-state index contributed by atoms with van der Waals surface area (Å²) in [6.45, 7) is 0. The van der Waals surface area contributed by atoms with Crippen LogP contribution in [-0.2, 0) is 13.4 Å². The van der Waals surface area contributed by atoms with E-state index in [1.54, 1.807) is 0 Å². The fraction of sp³-hybridized carbons (Fsp3) is 0. The molecule has 0 radical (unpaired) electrons. The highest BCUT2D eigenvalue weighted by atomic mass is 31.2. The monoisotopic (exact) mass is 144 g/mol. The van der Waals surface area contributed by atoms with Gasteiger partial charge in [-0.3, -0.25) is 24.4 Å². The Morgan fingerprint density at radius 3 is 1.43 bits per heavy atom. The van der Waals surface area contributed by atoms with Crippen LogP contribution in [0.2, 0.25) is 0 Å². The van der Waals surface area contributed by atoms with Gasteiger partial charge in [-0.2, -0.15) is 0 Å². The van der Waals surface area contributed by atoms with Gasteiger partial charge in [-0.1, -0.05) is 0 Å². The molecule has 4 N–H and O–H groups in total. The van der Waals surface area contributed by atoms with E-state index in [0.717, 1.165) is 0 Å². The second-order valence-corrected chi connectivity index (χ2v) is 2.83. The van der Waals surface area contributed by atoms with Crippen LogP contribution >= 0.6 is 16.4 Å². The maximum absolute atomic E-state index is 9.74. The summed E-state index contributed by atoms with van der Waals surface area (Å²) in [6.07, 6.45) is 0. The fourth-order valence-corrected chi connectivity index (χ4v) is 0.892. The van der Waals surface area contributed by atoms with Gasteiger partial charge >= 0.3 is 0 Å². The molecule has 0 aromatic carbocycles. The largest absolute Gasteiger partial charge is 0.278 e. The molecule has 5 nitrogen and oxygen atoms in total. The van der Waals surface area contributed by atoms with E-state index in [4.69, 9.17) is 0 Å². The first-order chi connectivity index (χ1) is 3.13. The van der Waals surface area contributed by atoms with Crippen molar-refractivity contribution in [2.75, 3.05) is 0 Å². The van der Waals surface area contributed by atoms with Crippen LogP contribution in [0.4, 0.5) is 0 Å². The van der Waals surface area contributed by atoms with Gasteiger partial charge in [-0.05, 0) is 0 Å². The van der Waals surface area contributed by atoms with E-state index in [1.807, 2.05) is 0 Å². The van der Waals surface area contributed by atoms with Crippen LogP contribution in [0, 0.1) is 0 Å². The van der Waals surface area contributed by atoms with Gasteiger partial charge in [0.1, 0.15) is 0 Å². The number of hydrogen-bond donors (Lipinski definition) is 2. The maximum Gasteiger partial charge on any atom is 0.261 e. The molecule has 0 fully saturated rings. The van der Waals surface area contributed by atoms with Crippen molar-refractivity contribution in [3.63, 3.8) is 0 Å². The third-order valence-electron chi connectivity index (χ3n) is 0.201. The summed E-state index contributed by atoms with van der Waals surface area (Å²) >= 11 is 0. The van der Waals surface area contributed by atoms with Crippen LogP contribution in [0.5, 0.6) is 0 Å². The third-order valence-corrected chi connectivity index (χ3v) is 1.81. The molecule has 0 aromatic heterocycles. The molecule has 0 spiro atoms. The van der Waals surface area contributed by atoms with Gasteiger partial charge in [0, 0.05) is 0 Å². The summed E-state index contributed by atoms with van der Waals surface area (Å²) in [4.78, 5) is 0. The predicted octanol–water partition coefficient (Wildman–Crippen LogP) is -0.300. The standard InChI is InChI=1S/H6N2O3P2/c1-6(3)5-7(2)4/h6-7H,(H2,1,3)(H2,2,4). The molecule has 0 saturated carbocycles. The summed E-state index contributed by atoms with van der Waals surface area (Å²) in [5, 5.41) is 0. The minimum atomic E-state index is -2.58. The van der Waals surface area contributed by atoms with Gasteiger partial charge in [0.2, 0.25) is 0 Å². The summed E-state index contributed by atoms with van der Waals surface area (Å²) in [7, 11) is -5.15. The summed E-state index contributed by atoms with van der Waals surface area (Å²) in [5.41, 5.74) is 9.13. The summed E-state index contributed by atoms with van der Waals surface area (Å²) < 4.78 is 23.4. The van der Waals surface area contributed by atoms with E-state index < -0.39 is 16.4 Å². The number of rotatable bonds is 2. The van der Waals surface area contributed by atoms with Crippen LogP contribution in [0.15, 0.2) is 0 Å². The smallest absolute Gasteiger partial charge is 0.261 e. The van der Waals surface area contributed by atoms with Crippen molar-refractivity contribution in [2.45, 2.75) is 0 Å². The predicted molar refractivity (Wildman–Crippen MR) is 27.5 cm³/mol. The zero-order valence-electron chi connectivity index (χ0n) is 3.38. The molecular formula is H6N2O3P2. The second-order valence-electron chi connectivity index (χ2n) is 0.740. The Bertz CT molecular complexity index is 87.1. The van der Waals surface area contributed by atoms with Crippen molar-refractivity contribution in [2.24, 2.45) is 11.0 Å². The van der Waals surface area contributed by atoms with Crippen molar-refractivity contribution < 1.29 is 13.4 Å². The lowest BCUT2D eigenvalue weighted by Gasteiger charge is -1.89. The van der Waals surface area contributed by atoms with Crippen LogP contribution in [0.25, 0.3) is 0 Å². The Hall–Kier alpha value is 0.340. The molecule has 44 valence electrons.